The summed E-state index contributed by atoms with van der Waals surface area (Å²) in [5, 5.41) is 4.37. The molecule has 0 atom stereocenters. The minimum atomic E-state index is -0.233. The van der Waals surface area contributed by atoms with Gasteiger partial charge in [0.1, 0.15) is 20.1 Å². The van der Waals surface area contributed by atoms with Crippen LogP contribution in [-0.2, 0) is 11.3 Å². The van der Waals surface area contributed by atoms with Gasteiger partial charge in [0, 0.05) is 36.6 Å². The zero-order chi connectivity index (χ0) is 18.8. The van der Waals surface area contributed by atoms with Gasteiger partial charge in [-0.15, -0.1) is 0 Å². The Morgan fingerprint density at radius 1 is 1.26 bits per heavy atom. The number of fused-ring (bicyclic) bond motifs is 1. The smallest absolute Gasteiger partial charge is 0.410 e. The van der Waals surface area contributed by atoms with Crippen molar-refractivity contribution in [3.8, 4) is 0 Å². The van der Waals surface area contributed by atoms with E-state index in [1.165, 1.54) is 0 Å². The number of rotatable bonds is 3. The van der Waals surface area contributed by atoms with Crippen molar-refractivity contribution < 1.29 is 9.53 Å². The molecule has 1 aliphatic heterocycles. The van der Waals surface area contributed by atoms with Crippen LogP contribution in [-0.4, -0.2) is 46.5 Å². The number of amides is 1. The molecule has 1 aliphatic rings. The summed E-state index contributed by atoms with van der Waals surface area (Å²) in [5.74, 6) is 0.362. The molecule has 1 fully saturated rings. The van der Waals surface area contributed by atoms with Crippen LogP contribution >= 0.6 is 0 Å². The monoisotopic (exact) mass is 362 g/mol. The zero-order valence-corrected chi connectivity index (χ0v) is 15.8. The van der Waals surface area contributed by atoms with Gasteiger partial charge in [-0.2, -0.15) is 5.10 Å². The molecule has 4 rings (SSSR count). The van der Waals surface area contributed by atoms with Crippen molar-refractivity contribution >= 4 is 25.0 Å². The third kappa shape index (κ3) is 3.67. The maximum absolute atomic E-state index is 12.3. The van der Waals surface area contributed by atoms with Crippen LogP contribution in [0.5, 0.6) is 0 Å². The van der Waals surface area contributed by atoms with Gasteiger partial charge in [-0.05, 0) is 36.9 Å². The van der Waals surface area contributed by atoms with E-state index < -0.39 is 0 Å². The largest absolute Gasteiger partial charge is 0.445 e. The van der Waals surface area contributed by atoms with Gasteiger partial charge < -0.3 is 9.64 Å². The first-order valence-electron chi connectivity index (χ1n) is 9.39. The Balaban J connectivity index is 1.37. The molecular formula is C20H23BN4O2. The van der Waals surface area contributed by atoms with Crippen molar-refractivity contribution in [1.82, 2.24) is 19.5 Å². The lowest BCUT2D eigenvalue weighted by Crippen LogP contribution is -2.38. The maximum Gasteiger partial charge on any atom is 0.410 e. The molecular weight excluding hydrogens is 339 g/mol. The number of nitrogens with zero attached hydrogens (tertiary/aromatic N) is 4. The van der Waals surface area contributed by atoms with Gasteiger partial charge in [0.15, 0.2) is 0 Å². The molecule has 0 saturated carbocycles. The zero-order valence-electron chi connectivity index (χ0n) is 15.8. The molecule has 3 aromatic rings. The lowest BCUT2D eigenvalue weighted by molar-refractivity contribution is 0.0868. The number of hydrogen-bond acceptors (Lipinski definition) is 4. The van der Waals surface area contributed by atoms with Gasteiger partial charge in [-0.3, -0.25) is 0 Å². The van der Waals surface area contributed by atoms with E-state index in [0.29, 0.717) is 25.6 Å². The van der Waals surface area contributed by atoms with E-state index in [2.05, 4.69) is 18.1 Å². The van der Waals surface area contributed by atoms with Gasteiger partial charge in [0.25, 0.3) is 0 Å². The first kappa shape index (κ1) is 17.6. The predicted octanol–water partition coefficient (Wildman–Crippen LogP) is 1.81. The summed E-state index contributed by atoms with van der Waals surface area (Å²) in [6.45, 7) is 3.77. The number of aromatic nitrogens is 3. The van der Waals surface area contributed by atoms with Gasteiger partial charge in [0.05, 0.1) is 0 Å². The van der Waals surface area contributed by atoms with E-state index in [9.17, 15) is 4.79 Å². The third-order valence-electron chi connectivity index (χ3n) is 5.22. The summed E-state index contributed by atoms with van der Waals surface area (Å²) in [7, 11) is 2.03. The molecule has 1 saturated heterocycles. The van der Waals surface area contributed by atoms with E-state index >= 15 is 0 Å². The van der Waals surface area contributed by atoms with Crippen LogP contribution in [0.4, 0.5) is 4.79 Å². The third-order valence-corrected chi connectivity index (χ3v) is 5.22. The molecule has 3 heterocycles. The second-order valence-electron chi connectivity index (χ2n) is 7.19. The number of ether oxygens (including phenoxy) is 1. The first-order chi connectivity index (χ1) is 13.1. The summed E-state index contributed by atoms with van der Waals surface area (Å²) in [6, 6.07) is 11.9. The second kappa shape index (κ2) is 7.43. The highest BCUT2D eigenvalue weighted by Crippen LogP contribution is 2.28. The van der Waals surface area contributed by atoms with Crippen molar-refractivity contribution in [3.05, 3.63) is 59.5 Å². The van der Waals surface area contributed by atoms with Crippen LogP contribution in [0, 0.1) is 6.92 Å². The Kier molecular flexibility index (Phi) is 4.84. The number of piperidine rings is 1. The molecule has 27 heavy (non-hydrogen) atoms. The van der Waals surface area contributed by atoms with Crippen molar-refractivity contribution in [2.75, 3.05) is 13.1 Å². The highest BCUT2D eigenvalue weighted by Gasteiger charge is 2.26. The second-order valence-corrected chi connectivity index (χ2v) is 7.19. The molecule has 0 spiro atoms. The Morgan fingerprint density at radius 2 is 2.00 bits per heavy atom. The van der Waals surface area contributed by atoms with Gasteiger partial charge in [-0.25, -0.2) is 14.3 Å². The number of carbonyl (C=O) groups is 1. The van der Waals surface area contributed by atoms with Gasteiger partial charge in [0.2, 0.25) is 0 Å². The van der Waals surface area contributed by atoms with Crippen molar-refractivity contribution in [3.63, 3.8) is 0 Å². The minimum Gasteiger partial charge on any atom is -0.445 e. The Hall–Kier alpha value is -2.83. The first-order valence-corrected chi connectivity index (χ1v) is 9.39. The molecule has 0 bridgehead atoms. The Labute approximate surface area is 159 Å². The van der Waals surface area contributed by atoms with Crippen LogP contribution in [0.3, 0.4) is 0 Å². The molecule has 2 aromatic heterocycles. The molecule has 138 valence electrons. The standard InChI is InChI=1S/C20H23BN4O2/c1-14-11-18(23-19-17(21)12-22-25(14)19)16-7-9-24(10-8-16)20(26)27-13-15-5-3-2-4-6-15/h2-6,11-12,16H,7-10,13,21H2,1H3. The van der Waals surface area contributed by atoms with E-state index in [1.54, 1.807) is 4.90 Å². The molecule has 0 aliphatic carbocycles. The lowest BCUT2D eigenvalue weighted by atomic mass is 9.92. The van der Waals surface area contributed by atoms with Crippen LogP contribution in [0.2, 0.25) is 0 Å². The SMILES string of the molecule is Bc1cnn2c(C)cc(C3CCN(C(=O)OCc4ccccc4)CC3)nc12. The Morgan fingerprint density at radius 3 is 2.74 bits per heavy atom. The summed E-state index contributed by atoms with van der Waals surface area (Å²) < 4.78 is 7.33. The minimum absolute atomic E-state index is 0.233. The van der Waals surface area contributed by atoms with E-state index in [1.807, 2.05) is 48.9 Å². The fourth-order valence-corrected chi connectivity index (χ4v) is 3.62. The summed E-state index contributed by atoms with van der Waals surface area (Å²) in [6.07, 6.45) is 3.42. The molecule has 0 radical (unpaired) electrons. The fourth-order valence-electron chi connectivity index (χ4n) is 3.62. The van der Waals surface area contributed by atoms with E-state index in [0.717, 1.165) is 40.9 Å². The van der Waals surface area contributed by atoms with Gasteiger partial charge >= 0.3 is 6.09 Å². The molecule has 0 N–H and O–H groups in total. The van der Waals surface area contributed by atoms with E-state index in [-0.39, 0.29) is 6.09 Å². The average molecular weight is 362 g/mol. The normalized spacial score (nSPS) is 15.2. The highest BCUT2D eigenvalue weighted by molar-refractivity contribution is 6.36. The Bertz CT molecular complexity index is 949. The van der Waals surface area contributed by atoms with Crippen molar-refractivity contribution in [1.29, 1.82) is 0 Å². The van der Waals surface area contributed by atoms with Crippen LogP contribution in [0.15, 0.2) is 42.6 Å². The molecule has 1 aromatic carbocycles. The topological polar surface area (TPSA) is 59.7 Å². The quantitative estimate of drug-likeness (QED) is 0.667. The molecule has 6 nitrogen and oxygen atoms in total. The van der Waals surface area contributed by atoms with E-state index in [4.69, 9.17) is 9.72 Å². The van der Waals surface area contributed by atoms with Crippen LogP contribution < -0.4 is 5.46 Å². The number of hydrogen-bond donors (Lipinski definition) is 0. The van der Waals surface area contributed by atoms with Crippen molar-refractivity contribution in [2.24, 2.45) is 0 Å². The summed E-state index contributed by atoms with van der Waals surface area (Å²) in [4.78, 5) is 19.0. The highest BCUT2D eigenvalue weighted by atomic mass is 16.6. The van der Waals surface area contributed by atoms with Gasteiger partial charge in [-0.1, -0.05) is 30.3 Å². The summed E-state index contributed by atoms with van der Waals surface area (Å²) >= 11 is 0. The average Bonchev–Trinajstić information content (AvgIpc) is 3.08. The lowest BCUT2D eigenvalue weighted by Gasteiger charge is -2.31. The maximum atomic E-state index is 12.3. The summed E-state index contributed by atoms with van der Waals surface area (Å²) in [5.41, 5.74) is 5.20. The predicted molar refractivity (Wildman–Crippen MR) is 106 cm³/mol. The van der Waals surface area contributed by atoms with Crippen LogP contribution in [0.25, 0.3) is 5.65 Å². The number of likely N-dealkylation sites (tertiary alicyclic amines) is 1. The van der Waals surface area contributed by atoms with Crippen LogP contribution in [0.1, 0.15) is 35.7 Å². The number of carbonyl (C=O) groups excluding carboxylic acids is 1. The number of aryl methyl sites for hydroxylation is 1. The number of benzene rings is 1. The van der Waals surface area contributed by atoms with Crippen molar-refractivity contribution in [2.45, 2.75) is 32.3 Å². The fraction of sp³-hybridized carbons (Fsp3) is 0.350. The molecule has 1 amide bonds. The molecule has 0 unspecified atom stereocenters. The molecule has 7 heteroatoms.